The molecule has 1 rings (SSSR count). The van der Waals surface area contributed by atoms with Gasteiger partial charge in [-0.3, -0.25) is 0 Å². The van der Waals surface area contributed by atoms with Gasteiger partial charge in [0.15, 0.2) is 0 Å². The van der Waals surface area contributed by atoms with Gasteiger partial charge in [-0.15, -0.1) is 0 Å². The first kappa shape index (κ1) is 10.0. The third-order valence-electron chi connectivity index (χ3n) is 3.52. The Bertz CT molecular complexity index is 133. The molecule has 0 aromatic carbocycles. The summed E-state index contributed by atoms with van der Waals surface area (Å²) in [5, 5.41) is 9.84. The van der Waals surface area contributed by atoms with Crippen LogP contribution in [0, 0.1) is 17.8 Å². The van der Waals surface area contributed by atoms with Gasteiger partial charge >= 0.3 is 0 Å². The number of hydrogen-bond acceptors (Lipinski definition) is 1. The Morgan fingerprint density at radius 2 is 1.92 bits per heavy atom. The lowest BCUT2D eigenvalue weighted by molar-refractivity contribution is -0.00163. The second-order valence-corrected chi connectivity index (χ2v) is 4.45. The lowest BCUT2D eigenvalue weighted by Gasteiger charge is -2.37. The lowest BCUT2D eigenvalue weighted by Crippen LogP contribution is -2.36. The highest BCUT2D eigenvalue weighted by Gasteiger charge is 2.32. The van der Waals surface area contributed by atoms with Gasteiger partial charge in [-0.25, -0.2) is 0 Å². The van der Waals surface area contributed by atoms with Gasteiger partial charge in [-0.1, -0.05) is 33.6 Å². The first-order valence-electron chi connectivity index (χ1n) is 5.34. The zero-order valence-corrected chi connectivity index (χ0v) is 8.59. The van der Waals surface area contributed by atoms with Crippen LogP contribution >= 0.6 is 0 Å². The molecule has 1 N–H and O–H groups in total. The highest BCUT2D eigenvalue weighted by molar-refractivity contribution is 4.82. The maximum atomic E-state index is 9.84. The molecule has 4 unspecified atom stereocenters. The Labute approximate surface area is 76.2 Å². The Morgan fingerprint density at radius 1 is 1.25 bits per heavy atom. The molecule has 0 bridgehead atoms. The van der Waals surface area contributed by atoms with E-state index in [1.54, 1.807) is 0 Å². The van der Waals surface area contributed by atoms with E-state index in [0.717, 1.165) is 5.92 Å². The summed E-state index contributed by atoms with van der Waals surface area (Å²) >= 11 is 0. The van der Waals surface area contributed by atoms with Crippen LogP contribution in [0.3, 0.4) is 0 Å². The third-order valence-corrected chi connectivity index (χ3v) is 3.52. The first-order chi connectivity index (χ1) is 5.66. The number of hydrogen-bond donors (Lipinski definition) is 1. The zero-order valence-electron chi connectivity index (χ0n) is 8.59. The maximum Gasteiger partial charge on any atom is 0.0593 e. The molecule has 0 amide bonds. The minimum atomic E-state index is -0.0460. The van der Waals surface area contributed by atoms with E-state index in [4.69, 9.17) is 0 Å². The Balaban J connectivity index is 2.46. The molecule has 0 saturated heterocycles. The standard InChI is InChI=1S/C11H22O/c1-4-5-10-7-6-8(2)11(12)9(10)3/h8-12H,4-7H2,1-3H3. The van der Waals surface area contributed by atoms with Gasteiger partial charge in [0.1, 0.15) is 0 Å². The zero-order chi connectivity index (χ0) is 9.14. The molecule has 0 spiro atoms. The number of aliphatic hydroxyl groups excluding tert-OH is 1. The summed E-state index contributed by atoms with van der Waals surface area (Å²) in [4.78, 5) is 0. The average molecular weight is 170 g/mol. The van der Waals surface area contributed by atoms with Crippen LogP contribution in [0.25, 0.3) is 0 Å². The molecule has 1 saturated carbocycles. The van der Waals surface area contributed by atoms with E-state index in [-0.39, 0.29) is 6.10 Å². The van der Waals surface area contributed by atoms with Gasteiger partial charge in [-0.2, -0.15) is 0 Å². The summed E-state index contributed by atoms with van der Waals surface area (Å²) in [7, 11) is 0. The second kappa shape index (κ2) is 4.27. The Kier molecular flexibility index (Phi) is 3.57. The lowest BCUT2D eigenvalue weighted by atomic mass is 9.72. The predicted molar refractivity (Wildman–Crippen MR) is 52.0 cm³/mol. The van der Waals surface area contributed by atoms with Crippen LogP contribution in [-0.4, -0.2) is 11.2 Å². The van der Waals surface area contributed by atoms with Crippen LogP contribution in [-0.2, 0) is 0 Å². The van der Waals surface area contributed by atoms with Crippen molar-refractivity contribution in [1.82, 2.24) is 0 Å². The van der Waals surface area contributed by atoms with Crippen molar-refractivity contribution < 1.29 is 5.11 Å². The monoisotopic (exact) mass is 170 g/mol. The van der Waals surface area contributed by atoms with Crippen molar-refractivity contribution in [3.8, 4) is 0 Å². The van der Waals surface area contributed by atoms with Crippen molar-refractivity contribution >= 4 is 0 Å². The van der Waals surface area contributed by atoms with Gasteiger partial charge in [0.05, 0.1) is 6.10 Å². The van der Waals surface area contributed by atoms with Gasteiger partial charge in [-0.05, 0) is 30.6 Å². The molecule has 0 radical (unpaired) electrons. The molecule has 0 aliphatic heterocycles. The fraction of sp³-hybridized carbons (Fsp3) is 1.00. The van der Waals surface area contributed by atoms with E-state index in [2.05, 4.69) is 20.8 Å². The van der Waals surface area contributed by atoms with Crippen molar-refractivity contribution in [3.05, 3.63) is 0 Å². The second-order valence-electron chi connectivity index (χ2n) is 4.45. The van der Waals surface area contributed by atoms with E-state index in [1.165, 1.54) is 25.7 Å². The van der Waals surface area contributed by atoms with E-state index < -0.39 is 0 Å². The largest absolute Gasteiger partial charge is 0.393 e. The molecule has 0 aromatic heterocycles. The summed E-state index contributed by atoms with van der Waals surface area (Å²) in [6.45, 7) is 6.61. The van der Waals surface area contributed by atoms with Crippen LogP contribution in [0.15, 0.2) is 0 Å². The average Bonchev–Trinajstić information content (AvgIpc) is 2.07. The number of rotatable bonds is 2. The summed E-state index contributed by atoms with van der Waals surface area (Å²) < 4.78 is 0. The molecule has 1 aliphatic carbocycles. The predicted octanol–water partition coefficient (Wildman–Crippen LogP) is 2.83. The Morgan fingerprint density at radius 3 is 2.50 bits per heavy atom. The van der Waals surface area contributed by atoms with Crippen LogP contribution < -0.4 is 0 Å². The molecule has 4 atom stereocenters. The highest BCUT2D eigenvalue weighted by atomic mass is 16.3. The quantitative estimate of drug-likeness (QED) is 0.675. The van der Waals surface area contributed by atoms with E-state index >= 15 is 0 Å². The van der Waals surface area contributed by atoms with Crippen LogP contribution in [0.2, 0.25) is 0 Å². The van der Waals surface area contributed by atoms with Gasteiger partial charge < -0.3 is 5.11 Å². The molecule has 12 heavy (non-hydrogen) atoms. The summed E-state index contributed by atoms with van der Waals surface area (Å²) in [5.41, 5.74) is 0. The summed E-state index contributed by atoms with van der Waals surface area (Å²) in [6.07, 6.45) is 5.06. The Hall–Kier alpha value is -0.0400. The van der Waals surface area contributed by atoms with Gasteiger partial charge in [0.25, 0.3) is 0 Å². The van der Waals surface area contributed by atoms with Crippen molar-refractivity contribution in [3.63, 3.8) is 0 Å². The fourth-order valence-electron chi connectivity index (χ4n) is 2.49. The third kappa shape index (κ3) is 2.01. The molecule has 72 valence electrons. The van der Waals surface area contributed by atoms with E-state index in [0.29, 0.717) is 11.8 Å². The van der Waals surface area contributed by atoms with Gasteiger partial charge in [0.2, 0.25) is 0 Å². The normalized spacial score (nSPS) is 43.0. The topological polar surface area (TPSA) is 20.2 Å². The fourth-order valence-corrected chi connectivity index (χ4v) is 2.49. The van der Waals surface area contributed by atoms with Crippen LogP contribution in [0.4, 0.5) is 0 Å². The summed E-state index contributed by atoms with van der Waals surface area (Å²) in [5.74, 6) is 1.82. The van der Waals surface area contributed by atoms with Crippen molar-refractivity contribution in [2.45, 2.75) is 52.6 Å². The number of aliphatic hydroxyl groups is 1. The molecular formula is C11H22O. The molecule has 1 fully saturated rings. The van der Waals surface area contributed by atoms with Crippen LogP contribution in [0.5, 0.6) is 0 Å². The first-order valence-corrected chi connectivity index (χ1v) is 5.34. The minimum Gasteiger partial charge on any atom is -0.393 e. The molecule has 1 nitrogen and oxygen atoms in total. The maximum absolute atomic E-state index is 9.84. The van der Waals surface area contributed by atoms with Gasteiger partial charge in [0, 0.05) is 0 Å². The van der Waals surface area contributed by atoms with Crippen molar-refractivity contribution in [2.24, 2.45) is 17.8 Å². The van der Waals surface area contributed by atoms with Crippen molar-refractivity contribution in [1.29, 1.82) is 0 Å². The highest BCUT2D eigenvalue weighted by Crippen LogP contribution is 2.36. The van der Waals surface area contributed by atoms with Crippen molar-refractivity contribution in [2.75, 3.05) is 0 Å². The van der Waals surface area contributed by atoms with E-state index in [1.807, 2.05) is 0 Å². The summed E-state index contributed by atoms with van der Waals surface area (Å²) in [6, 6.07) is 0. The molecule has 0 heterocycles. The smallest absolute Gasteiger partial charge is 0.0593 e. The molecule has 0 aromatic rings. The SMILES string of the molecule is CCCC1CCC(C)C(O)C1C. The molecule has 1 heteroatoms. The minimum absolute atomic E-state index is 0.0460. The molecular weight excluding hydrogens is 148 g/mol. The molecule has 1 aliphatic rings. The van der Waals surface area contributed by atoms with Crippen LogP contribution in [0.1, 0.15) is 46.5 Å². The van der Waals surface area contributed by atoms with E-state index in [9.17, 15) is 5.11 Å².